The molecule has 0 fully saturated rings. The fourth-order valence-electron chi connectivity index (χ4n) is 2.49. The molecule has 2 N–H and O–H groups in total. The standard InChI is InChI=1S/C18H23FN2/c1-4-21(12-15-8-6-5-7-9-15)18-10-13(2)17(19)11-16(18)14(3)20/h5-11,14H,4,12,20H2,1-3H3. The normalized spacial score (nSPS) is 12.2. The molecule has 0 saturated carbocycles. The summed E-state index contributed by atoms with van der Waals surface area (Å²) in [4.78, 5) is 2.24. The smallest absolute Gasteiger partial charge is 0.126 e. The largest absolute Gasteiger partial charge is 0.367 e. The van der Waals surface area contributed by atoms with Crippen molar-refractivity contribution in [1.29, 1.82) is 0 Å². The highest BCUT2D eigenvalue weighted by Crippen LogP contribution is 2.29. The first-order valence-corrected chi connectivity index (χ1v) is 7.37. The van der Waals surface area contributed by atoms with E-state index in [4.69, 9.17) is 5.73 Å². The van der Waals surface area contributed by atoms with Gasteiger partial charge >= 0.3 is 0 Å². The van der Waals surface area contributed by atoms with Gasteiger partial charge in [0.05, 0.1) is 0 Å². The maximum Gasteiger partial charge on any atom is 0.126 e. The first kappa shape index (κ1) is 15.5. The van der Waals surface area contributed by atoms with Crippen LogP contribution in [0.3, 0.4) is 0 Å². The Balaban J connectivity index is 2.39. The molecule has 21 heavy (non-hydrogen) atoms. The van der Waals surface area contributed by atoms with Crippen LogP contribution < -0.4 is 10.6 Å². The highest BCUT2D eigenvalue weighted by Gasteiger charge is 2.15. The van der Waals surface area contributed by atoms with Gasteiger partial charge in [0.25, 0.3) is 0 Å². The number of aryl methyl sites for hydroxylation is 1. The summed E-state index contributed by atoms with van der Waals surface area (Å²) in [6.07, 6.45) is 0. The van der Waals surface area contributed by atoms with Crippen molar-refractivity contribution >= 4 is 5.69 Å². The number of benzene rings is 2. The Bertz CT molecular complexity index is 594. The van der Waals surface area contributed by atoms with Gasteiger partial charge in [0.2, 0.25) is 0 Å². The highest BCUT2D eigenvalue weighted by atomic mass is 19.1. The zero-order chi connectivity index (χ0) is 15.4. The van der Waals surface area contributed by atoms with Crippen molar-refractivity contribution in [2.45, 2.75) is 33.4 Å². The van der Waals surface area contributed by atoms with E-state index in [9.17, 15) is 4.39 Å². The second-order valence-corrected chi connectivity index (χ2v) is 5.45. The van der Waals surface area contributed by atoms with E-state index < -0.39 is 0 Å². The predicted molar refractivity (Wildman–Crippen MR) is 86.9 cm³/mol. The SMILES string of the molecule is CCN(Cc1ccccc1)c1cc(C)c(F)cc1C(C)N. The predicted octanol–water partition coefficient (Wildman–Crippen LogP) is 4.18. The number of nitrogens with zero attached hydrogens (tertiary/aromatic N) is 1. The Labute approximate surface area is 126 Å². The van der Waals surface area contributed by atoms with Gasteiger partial charge in [-0.25, -0.2) is 4.39 Å². The summed E-state index contributed by atoms with van der Waals surface area (Å²) < 4.78 is 13.8. The molecule has 0 aliphatic heterocycles. The molecular formula is C18H23FN2. The van der Waals surface area contributed by atoms with Gasteiger partial charge in [-0.1, -0.05) is 30.3 Å². The minimum absolute atomic E-state index is 0.193. The minimum atomic E-state index is -0.195. The highest BCUT2D eigenvalue weighted by molar-refractivity contribution is 5.57. The third kappa shape index (κ3) is 3.61. The Morgan fingerprint density at radius 3 is 2.43 bits per heavy atom. The van der Waals surface area contributed by atoms with Gasteiger partial charge in [-0.3, -0.25) is 0 Å². The summed E-state index contributed by atoms with van der Waals surface area (Å²) in [6.45, 7) is 7.43. The molecule has 0 spiro atoms. The number of hydrogen-bond donors (Lipinski definition) is 1. The van der Waals surface area contributed by atoms with Crippen molar-refractivity contribution < 1.29 is 4.39 Å². The zero-order valence-corrected chi connectivity index (χ0v) is 12.9. The van der Waals surface area contributed by atoms with Crippen molar-refractivity contribution in [2.24, 2.45) is 5.73 Å². The molecule has 2 nitrogen and oxygen atoms in total. The van der Waals surface area contributed by atoms with Crippen LogP contribution >= 0.6 is 0 Å². The lowest BCUT2D eigenvalue weighted by molar-refractivity contribution is 0.612. The Morgan fingerprint density at radius 2 is 1.86 bits per heavy atom. The van der Waals surface area contributed by atoms with E-state index in [0.29, 0.717) is 5.56 Å². The van der Waals surface area contributed by atoms with E-state index in [0.717, 1.165) is 24.3 Å². The first-order valence-electron chi connectivity index (χ1n) is 7.37. The van der Waals surface area contributed by atoms with Crippen LogP contribution in [0.1, 0.15) is 36.6 Å². The molecule has 2 aromatic rings. The number of hydrogen-bond acceptors (Lipinski definition) is 2. The van der Waals surface area contributed by atoms with Gasteiger partial charge in [-0.05, 0) is 49.6 Å². The summed E-state index contributed by atoms with van der Waals surface area (Å²) in [5, 5.41) is 0. The Morgan fingerprint density at radius 1 is 1.19 bits per heavy atom. The third-order valence-electron chi connectivity index (χ3n) is 3.74. The number of anilines is 1. The van der Waals surface area contributed by atoms with Crippen molar-refractivity contribution in [3.05, 3.63) is 65.0 Å². The quantitative estimate of drug-likeness (QED) is 0.893. The maximum absolute atomic E-state index is 13.8. The number of halogens is 1. The van der Waals surface area contributed by atoms with Crippen LogP contribution in [-0.2, 0) is 6.54 Å². The lowest BCUT2D eigenvalue weighted by atomic mass is 10.0. The summed E-state index contributed by atoms with van der Waals surface area (Å²) in [5.41, 5.74) is 9.79. The van der Waals surface area contributed by atoms with Crippen molar-refractivity contribution in [3.63, 3.8) is 0 Å². The second kappa shape index (κ2) is 6.72. The van der Waals surface area contributed by atoms with Crippen LogP contribution in [0, 0.1) is 12.7 Å². The summed E-state index contributed by atoms with van der Waals surface area (Å²) in [5.74, 6) is -0.193. The van der Waals surface area contributed by atoms with Crippen molar-refractivity contribution in [3.8, 4) is 0 Å². The molecule has 1 unspecified atom stereocenters. The van der Waals surface area contributed by atoms with E-state index in [1.165, 1.54) is 5.56 Å². The van der Waals surface area contributed by atoms with Crippen LogP contribution in [0.5, 0.6) is 0 Å². The van der Waals surface area contributed by atoms with E-state index in [1.807, 2.05) is 31.2 Å². The molecule has 0 aromatic heterocycles. The molecule has 0 amide bonds. The molecule has 2 aromatic carbocycles. The first-order chi connectivity index (χ1) is 10.0. The summed E-state index contributed by atoms with van der Waals surface area (Å²) in [6, 6.07) is 13.6. The molecule has 2 rings (SSSR count). The zero-order valence-electron chi connectivity index (χ0n) is 12.9. The van der Waals surface area contributed by atoms with E-state index in [1.54, 1.807) is 13.0 Å². The monoisotopic (exact) mass is 286 g/mol. The average molecular weight is 286 g/mol. The van der Waals surface area contributed by atoms with Gasteiger partial charge in [0.1, 0.15) is 5.82 Å². The van der Waals surface area contributed by atoms with Crippen LogP contribution in [-0.4, -0.2) is 6.54 Å². The molecule has 0 saturated heterocycles. The Hall–Kier alpha value is -1.87. The van der Waals surface area contributed by atoms with Crippen LogP contribution in [0.4, 0.5) is 10.1 Å². The van der Waals surface area contributed by atoms with Gasteiger partial charge in [-0.15, -0.1) is 0 Å². The molecule has 3 heteroatoms. The van der Waals surface area contributed by atoms with Crippen molar-refractivity contribution in [1.82, 2.24) is 0 Å². The third-order valence-corrected chi connectivity index (χ3v) is 3.74. The summed E-state index contributed by atoms with van der Waals surface area (Å²) in [7, 11) is 0. The number of rotatable bonds is 5. The van der Waals surface area contributed by atoms with Crippen LogP contribution in [0.15, 0.2) is 42.5 Å². The lowest BCUT2D eigenvalue weighted by Crippen LogP contribution is -2.25. The maximum atomic E-state index is 13.8. The molecule has 1 atom stereocenters. The molecule has 112 valence electrons. The van der Waals surface area contributed by atoms with E-state index >= 15 is 0 Å². The van der Waals surface area contributed by atoms with Crippen LogP contribution in [0.2, 0.25) is 0 Å². The van der Waals surface area contributed by atoms with E-state index in [2.05, 4.69) is 24.0 Å². The fourth-order valence-corrected chi connectivity index (χ4v) is 2.49. The minimum Gasteiger partial charge on any atom is -0.367 e. The molecule has 0 radical (unpaired) electrons. The second-order valence-electron chi connectivity index (χ2n) is 5.45. The van der Waals surface area contributed by atoms with Gasteiger partial charge in [-0.2, -0.15) is 0 Å². The molecule has 0 aliphatic carbocycles. The van der Waals surface area contributed by atoms with Gasteiger partial charge in [0.15, 0.2) is 0 Å². The summed E-state index contributed by atoms with van der Waals surface area (Å²) >= 11 is 0. The fraction of sp³-hybridized carbons (Fsp3) is 0.333. The Kier molecular flexibility index (Phi) is 4.97. The molecule has 0 heterocycles. The molecule has 0 aliphatic rings. The molecular weight excluding hydrogens is 263 g/mol. The average Bonchev–Trinajstić information content (AvgIpc) is 2.48. The topological polar surface area (TPSA) is 29.3 Å². The number of nitrogens with two attached hydrogens (primary N) is 1. The van der Waals surface area contributed by atoms with Gasteiger partial charge in [0, 0.05) is 24.8 Å². The van der Waals surface area contributed by atoms with Crippen LogP contribution in [0.25, 0.3) is 0 Å². The lowest BCUT2D eigenvalue weighted by Gasteiger charge is -2.28. The molecule has 0 bridgehead atoms. The van der Waals surface area contributed by atoms with E-state index in [-0.39, 0.29) is 11.9 Å². The van der Waals surface area contributed by atoms with Gasteiger partial charge < -0.3 is 10.6 Å². The van der Waals surface area contributed by atoms with Crippen molar-refractivity contribution in [2.75, 3.05) is 11.4 Å².